The van der Waals surface area contributed by atoms with Crippen LogP contribution in [0.5, 0.6) is 0 Å². The molecule has 0 spiro atoms. The van der Waals surface area contributed by atoms with E-state index in [0.717, 1.165) is 25.7 Å². The summed E-state index contributed by atoms with van der Waals surface area (Å²) in [5, 5.41) is 0. The Balaban J connectivity index is 1.48. The molecule has 3 rings (SSSR count). The van der Waals surface area contributed by atoms with E-state index in [1.165, 1.54) is 6.07 Å². The van der Waals surface area contributed by atoms with Crippen LogP contribution in [0.3, 0.4) is 0 Å². The number of esters is 1. The van der Waals surface area contributed by atoms with Crippen LogP contribution in [0.4, 0.5) is 10.1 Å². The van der Waals surface area contributed by atoms with Gasteiger partial charge in [0.05, 0.1) is 5.92 Å². The average Bonchev–Trinajstić information content (AvgIpc) is 2.66. The maximum Gasteiger partial charge on any atom is 0.309 e. The summed E-state index contributed by atoms with van der Waals surface area (Å²) >= 11 is 0. The van der Waals surface area contributed by atoms with Crippen LogP contribution in [-0.4, -0.2) is 35.5 Å². The molecular weight excluding hydrogens is 371 g/mol. The summed E-state index contributed by atoms with van der Waals surface area (Å²) < 4.78 is 19.7. The lowest BCUT2D eigenvalue weighted by Gasteiger charge is -2.36. The minimum Gasteiger partial charge on any atom is -0.460 e. The second-order valence-corrected chi connectivity index (χ2v) is 9.46. The summed E-state index contributed by atoms with van der Waals surface area (Å²) in [6.45, 7) is 6.93. The number of nitrogen functional groups attached to an aromatic ring is 1. The third-order valence-electron chi connectivity index (χ3n) is 6.09. The number of hydrogen-bond donors (Lipinski definition) is 1. The van der Waals surface area contributed by atoms with Gasteiger partial charge in [-0.1, -0.05) is 6.07 Å². The van der Waals surface area contributed by atoms with Crippen molar-refractivity contribution >= 4 is 17.6 Å². The summed E-state index contributed by atoms with van der Waals surface area (Å²) in [6.07, 6.45) is 4.40. The number of rotatable bonds is 3. The number of amides is 1. The van der Waals surface area contributed by atoms with Gasteiger partial charge < -0.3 is 15.4 Å². The molecule has 6 heteroatoms. The molecule has 1 aromatic rings. The van der Waals surface area contributed by atoms with Crippen LogP contribution in [0, 0.1) is 17.7 Å². The number of carbonyl (C=O) groups excluding carboxylic acids is 2. The minimum atomic E-state index is -0.474. The Kier molecular flexibility index (Phi) is 6.49. The molecule has 160 valence electrons. The van der Waals surface area contributed by atoms with E-state index in [0.29, 0.717) is 37.2 Å². The van der Waals surface area contributed by atoms with Gasteiger partial charge in [0.25, 0.3) is 0 Å². The minimum absolute atomic E-state index is 0.0153. The first-order chi connectivity index (χ1) is 13.6. The average molecular weight is 405 g/mol. The standard InChI is InChI=1S/C23H33FN2O3/c1-23(2,3)29-22(28)17-6-4-16(5-7-17)21(27)26-12-10-15(11-13-26)19-9-8-18(25)14-20(19)24/h8-9,14-17H,4-7,10-13,25H2,1-3H3. The monoisotopic (exact) mass is 404 g/mol. The topological polar surface area (TPSA) is 72.6 Å². The molecule has 1 heterocycles. The van der Waals surface area contributed by atoms with Gasteiger partial charge in [0.1, 0.15) is 11.4 Å². The van der Waals surface area contributed by atoms with E-state index in [4.69, 9.17) is 10.5 Å². The van der Waals surface area contributed by atoms with Gasteiger partial charge in [-0.15, -0.1) is 0 Å². The third kappa shape index (κ3) is 5.49. The molecule has 1 saturated carbocycles. The highest BCUT2D eigenvalue weighted by atomic mass is 19.1. The van der Waals surface area contributed by atoms with Gasteiger partial charge in [0.2, 0.25) is 5.91 Å². The van der Waals surface area contributed by atoms with Crippen LogP contribution in [-0.2, 0) is 14.3 Å². The van der Waals surface area contributed by atoms with Crippen molar-refractivity contribution in [3.8, 4) is 0 Å². The number of halogens is 1. The zero-order valence-electron chi connectivity index (χ0n) is 17.7. The van der Waals surface area contributed by atoms with Gasteiger partial charge in [-0.2, -0.15) is 0 Å². The number of benzene rings is 1. The number of hydrogen-bond acceptors (Lipinski definition) is 4. The molecule has 0 aromatic heterocycles. The lowest BCUT2D eigenvalue weighted by Crippen LogP contribution is -2.43. The number of nitrogens with two attached hydrogens (primary N) is 1. The molecule has 0 bridgehead atoms. The van der Waals surface area contributed by atoms with Gasteiger partial charge in [-0.05, 0) is 82.9 Å². The van der Waals surface area contributed by atoms with E-state index >= 15 is 0 Å². The Labute approximate surface area is 172 Å². The molecule has 2 fully saturated rings. The molecule has 2 N–H and O–H groups in total. The maximum atomic E-state index is 14.2. The molecule has 0 atom stereocenters. The Morgan fingerprint density at radius 3 is 2.17 bits per heavy atom. The van der Waals surface area contributed by atoms with Crippen molar-refractivity contribution in [1.29, 1.82) is 0 Å². The Hall–Kier alpha value is -2.11. The molecule has 1 saturated heterocycles. The van der Waals surface area contributed by atoms with Crippen molar-refractivity contribution in [2.75, 3.05) is 18.8 Å². The molecule has 0 unspecified atom stereocenters. The van der Waals surface area contributed by atoms with Gasteiger partial charge in [0.15, 0.2) is 0 Å². The zero-order valence-corrected chi connectivity index (χ0v) is 17.7. The van der Waals surface area contributed by atoms with Crippen LogP contribution < -0.4 is 5.73 Å². The van der Waals surface area contributed by atoms with Crippen LogP contribution in [0.15, 0.2) is 18.2 Å². The quantitative estimate of drug-likeness (QED) is 0.603. The molecule has 2 aliphatic rings. The molecule has 0 radical (unpaired) electrons. The summed E-state index contributed by atoms with van der Waals surface area (Å²) in [5.74, 6) is -0.201. The normalized spacial score (nSPS) is 23.7. The second kappa shape index (κ2) is 8.72. The van der Waals surface area contributed by atoms with Crippen molar-refractivity contribution < 1.29 is 18.7 Å². The molecule has 1 aromatic carbocycles. The van der Waals surface area contributed by atoms with E-state index in [9.17, 15) is 14.0 Å². The zero-order chi connectivity index (χ0) is 21.2. The van der Waals surface area contributed by atoms with Crippen molar-refractivity contribution in [1.82, 2.24) is 4.90 Å². The fourth-order valence-electron chi connectivity index (χ4n) is 4.50. The molecule has 1 aliphatic carbocycles. The highest BCUT2D eigenvalue weighted by Gasteiger charge is 2.35. The number of nitrogens with zero attached hydrogens (tertiary/aromatic N) is 1. The predicted octanol–water partition coefficient (Wildman–Crippen LogP) is 4.26. The van der Waals surface area contributed by atoms with Crippen molar-refractivity contribution in [2.45, 2.75) is 70.8 Å². The second-order valence-electron chi connectivity index (χ2n) is 9.46. The molecule has 1 amide bonds. The lowest BCUT2D eigenvalue weighted by atomic mass is 9.80. The van der Waals surface area contributed by atoms with Crippen molar-refractivity contribution in [3.05, 3.63) is 29.6 Å². The smallest absolute Gasteiger partial charge is 0.309 e. The van der Waals surface area contributed by atoms with Gasteiger partial charge in [-0.25, -0.2) is 4.39 Å². The first-order valence-corrected chi connectivity index (χ1v) is 10.7. The Morgan fingerprint density at radius 2 is 1.62 bits per heavy atom. The number of anilines is 1. The van der Waals surface area contributed by atoms with Crippen molar-refractivity contribution in [2.24, 2.45) is 11.8 Å². The third-order valence-corrected chi connectivity index (χ3v) is 6.09. The van der Waals surface area contributed by atoms with Crippen LogP contribution in [0.1, 0.15) is 70.8 Å². The summed E-state index contributed by atoms with van der Waals surface area (Å²) in [4.78, 5) is 27.1. The predicted molar refractivity (Wildman–Crippen MR) is 111 cm³/mol. The highest BCUT2D eigenvalue weighted by molar-refractivity contribution is 5.80. The fourth-order valence-corrected chi connectivity index (χ4v) is 4.50. The van der Waals surface area contributed by atoms with Gasteiger partial charge >= 0.3 is 5.97 Å². The fraction of sp³-hybridized carbons (Fsp3) is 0.652. The SMILES string of the molecule is CC(C)(C)OC(=O)C1CCC(C(=O)N2CCC(c3ccc(N)cc3F)CC2)CC1. The molecule has 29 heavy (non-hydrogen) atoms. The maximum absolute atomic E-state index is 14.2. The molecular formula is C23H33FN2O3. The van der Waals surface area contributed by atoms with Crippen LogP contribution in [0.2, 0.25) is 0 Å². The van der Waals surface area contributed by atoms with E-state index in [2.05, 4.69) is 0 Å². The highest BCUT2D eigenvalue weighted by Crippen LogP contribution is 2.35. The number of ether oxygens (including phenoxy) is 1. The largest absolute Gasteiger partial charge is 0.460 e. The Morgan fingerprint density at radius 1 is 1.03 bits per heavy atom. The molecule has 1 aliphatic heterocycles. The number of likely N-dealkylation sites (tertiary alicyclic amines) is 1. The van der Waals surface area contributed by atoms with Gasteiger partial charge in [0, 0.05) is 24.7 Å². The van der Waals surface area contributed by atoms with E-state index in [1.807, 2.05) is 25.7 Å². The van der Waals surface area contributed by atoms with E-state index in [-0.39, 0.29) is 35.4 Å². The number of piperidine rings is 1. The lowest BCUT2D eigenvalue weighted by molar-refractivity contribution is -0.162. The summed E-state index contributed by atoms with van der Waals surface area (Å²) in [6, 6.07) is 4.87. The van der Waals surface area contributed by atoms with Crippen LogP contribution >= 0.6 is 0 Å². The van der Waals surface area contributed by atoms with Gasteiger partial charge in [-0.3, -0.25) is 9.59 Å². The summed E-state index contributed by atoms with van der Waals surface area (Å²) in [7, 11) is 0. The Bertz CT molecular complexity index is 743. The van der Waals surface area contributed by atoms with Crippen molar-refractivity contribution in [3.63, 3.8) is 0 Å². The van der Waals surface area contributed by atoms with E-state index < -0.39 is 5.60 Å². The first-order valence-electron chi connectivity index (χ1n) is 10.7. The summed E-state index contributed by atoms with van der Waals surface area (Å²) in [5.41, 5.74) is 6.29. The van der Waals surface area contributed by atoms with E-state index in [1.54, 1.807) is 12.1 Å². The molecule has 5 nitrogen and oxygen atoms in total. The van der Waals surface area contributed by atoms with Crippen LogP contribution in [0.25, 0.3) is 0 Å². The number of carbonyl (C=O) groups is 2. The first kappa shape index (κ1) is 21.6.